The third-order valence-electron chi connectivity index (χ3n) is 4.82. The zero-order valence-electron chi connectivity index (χ0n) is 17.8. The van der Waals surface area contributed by atoms with Gasteiger partial charge in [0.25, 0.3) is 0 Å². The molecule has 0 unspecified atom stereocenters. The van der Waals surface area contributed by atoms with Crippen LogP contribution in [-0.4, -0.2) is 127 Å². The molecule has 2 fully saturated rings. The van der Waals surface area contributed by atoms with Gasteiger partial charge < -0.3 is 59.8 Å². The zero-order valence-corrected chi connectivity index (χ0v) is 17.8. The summed E-state index contributed by atoms with van der Waals surface area (Å²) in [5.41, 5.74) is 0. The number of carboxylic acids is 1. The summed E-state index contributed by atoms with van der Waals surface area (Å²) >= 11 is 0. The van der Waals surface area contributed by atoms with Crippen LogP contribution in [0.1, 0.15) is 20.8 Å². The van der Waals surface area contributed by atoms with Gasteiger partial charge in [-0.05, 0) is 0 Å². The third kappa shape index (κ3) is 6.77. The molecule has 2 heterocycles. The predicted octanol–water partition coefficient (Wildman–Crippen LogP) is -4.10. The maximum atomic E-state index is 11.1. The summed E-state index contributed by atoms with van der Waals surface area (Å²) in [7, 11) is 0. The summed E-state index contributed by atoms with van der Waals surface area (Å²) in [4.78, 5) is 20.8. The zero-order chi connectivity index (χ0) is 24.8. The van der Waals surface area contributed by atoms with Gasteiger partial charge in [-0.15, -0.1) is 0 Å². The lowest BCUT2D eigenvalue weighted by atomic mass is 9.99. The Kier molecular flexibility index (Phi) is 10.8. The molecule has 8 N–H and O–H groups in total. The molecule has 0 amide bonds. The fraction of sp³-hybridized carbons (Fsp3) is 0.889. The topological polar surface area (TPSA) is 233 Å². The molecular weight excluding hydrogens is 440 g/mol. The van der Waals surface area contributed by atoms with Crippen LogP contribution in [0.3, 0.4) is 0 Å². The number of aliphatic hydroxyl groups is 7. The molecule has 0 radical (unpaired) electrons. The van der Waals surface area contributed by atoms with E-state index in [-0.39, 0.29) is 5.92 Å². The Morgan fingerprint density at radius 1 is 0.938 bits per heavy atom. The molecule has 2 saturated heterocycles. The Morgan fingerprint density at radius 3 is 1.88 bits per heavy atom. The first-order valence-corrected chi connectivity index (χ1v) is 9.80. The first kappa shape index (κ1) is 28.6. The molecule has 14 nitrogen and oxygen atoms in total. The Hall–Kier alpha value is -1.46. The molecule has 2 aliphatic heterocycles. The fourth-order valence-electron chi connectivity index (χ4n) is 2.82. The minimum Gasteiger partial charge on any atom is -0.481 e. The number of hydrogen-bond acceptors (Lipinski definition) is 13. The van der Waals surface area contributed by atoms with Crippen molar-refractivity contribution in [3.05, 3.63) is 0 Å². The monoisotopic (exact) mass is 472 g/mol. The number of rotatable bonds is 7. The number of ether oxygens (including phenoxy) is 4. The number of carboxylic acid groups (broad SMARTS) is 1. The van der Waals surface area contributed by atoms with Gasteiger partial charge in [-0.25, -0.2) is 0 Å². The highest BCUT2D eigenvalue weighted by Gasteiger charge is 2.59. The van der Waals surface area contributed by atoms with E-state index >= 15 is 0 Å². The van der Waals surface area contributed by atoms with Crippen LogP contribution >= 0.6 is 0 Å². The van der Waals surface area contributed by atoms with Crippen LogP contribution in [0.25, 0.3) is 0 Å². The molecule has 0 bridgehead atoms. The summed E-state index contributed by atoms with van der Waals surface area (Å²) in [5, 5.41) is 76.3. The number of aliphatic carboxylic acids is 1. The second-order valence-electron chi connectivity index (χ2n) is 7.67. The number of hydrogen-bond donors (Lipinski definition) is 8. The molecule has 188 valence electrons. The van der Waals surface area contributed by atoms with Gasteiger partial charge in [-0.1, -0.05) is 13.8 Å². The van der Waals surface area contributed by atoms with Crippen LogP contribution in [0, 0.1) is 5.92 Å². The molecular formula is C18H32O14. The van der Waals surface area contributed by atoms with E-state index in [9.17, 15) is 45.3 Å². The lowest BCUT2D eigenvalue weighted by Crippen LogP contribution is -2.62. The van der Waals surface area contributed by atoms with Crippen LogP contribution in [0.5, 0.6) is 0 Å². The minimum atomic E-state index is -2.23. The highest BCUT2D eigenvalue weighted by atomic mass is 16.8. The molecule has 14 heteroatoms. The summed E-state index contributed by atoms with van der Waals surface area (Å²) in [5.74, 6) is -3.97. The molecule has 0 aromatic rings. The van der Waals surface area contributed by atoms with Gasteiger partial charge in [0.2, 0.25) is 5.79 Å². The lowest BCUT2D eigenvalue weighted by Gasteiger charge is -2.43. The minimum absolute atomic E-state index is 0.231. The summed E-state index contributed by atoms with van der Waals surface area (Å²) in [6, 6.07) is 0. The van der Waals surface area contributed by atoms with Crippen molar-refractivity contribution in [1.82, 2.24) is 0 Å². The first-order chi connectivity index (χ1) is 14.8. The van der Waals surface area contributed by atoms with Crippen molar-refractivity contribution in [3.63, 3.8) is 0 Å². The number of aliphatic hydroxyl groups excluding tert-OH is 7. The maximum Gasteiger partial charge on any atom is 0.305 e. The SMILES string of the molecule is CC(=O)OC[C@@]1(O[C@H]2O[C@H](CO)[C@@H](O)[C@H](O)[C@H]2O)O[C@H](CO)[C@@H](O)[C@@H]1O.CC(C)C(=O)O. The van der Waals surface area contributed by atoms with Crippen molar-refractivity contribution in [2.24, 2.45) is 5.92 Å². The molecule has 0 aromatic carbocycles. The van der Waals surface area contributed by atoms with Gasteiger partial charge >= 0.3 is 11.9 Å². The van der Waals surface area contributed by atoms with Crippen molar-refractivity contribution < 1.29 is 69.4 Å². The molecule has 0 aromatic heterocycles. The molecule has 9 atom stereocenters. The van der Waals surface area contributed by atoms with Crippen molar-refractivity contribution in [1.29, 1.82) is 0 Å². The van der Waals surface area contributed by atoms with Crippen LogP contribution in [0.2, 0.25) is 0 Å². The fourth-order valence-corrected chi connectivity index (χ4v) is 2.82. The molecule has 0 spiro atoms. The van der Waals surface area contributed by atoms with Crippen molar-refractivity contribution in [3.8, 4) is 0 Å². The number of carbonyl (C=O) groups excluding carboxylic acids is 1. The number of carbonyl (C=O) groups is 2. The van der Waals surface area contributed by atoms with Gasteiger partial charge in [0.15, 0.2) is 6.29 Å². The summed E-state index contributed by atoms with van der Waals surface area (Å²) in [6.07, 6.45) is -12.9. The van der Waals surface area contributed by atoms with Crippen molar-refractivity contribution in [2.45, 2.75) is 75.6 Å². The second-order valence-corrected chi connectivity index (χ2v) is 7.67. The van der Waals surface area contributed by atoms with E-state index < -0.39 is 86.6 Å². The quantitative estimate of drug-likeness (QED) is 0.165. The Labute approximate surface area is 183 Å². The highest BCUT2D eigenvalue weighted by Crippen LogP contribution is 2.36. The maximum absolute atomic E-state index is 11.1. The Bertz CT molecular complexity index is 612. The van der Waals surface area contributed by atoms with Crippen LogP contribution < -0.4 is 0 Å². The van der Waals surface area contributed by atoms with Crippen molar-refractivity contribution >= 4 is 11.9 Å². The second kappa shape index (κ2) is 12.1. The van der Waals surface area contributed by atoms with E-state index in [1.165, 1.54) is 0 Å². The largest absolute Gasteiger partial charge is 0.481 e. The van der Waals surface area contributed by atoms with E-state index in [0.717, 1.165) is 6.92 Å². The molecule has 0 aliphatic carbocycles. The average molecular weight is 472 g/mol. The molecule has 2 rings (SSSR count). The van der Waals surface area contributed by atoms with Crippen LogP contribution in [-0.2, 0) is 28.5 Å². The van der Waals surface area contributed by atoms with E-state index in [1.807, 2.05) is 0 Å². The van der Waals surface area contributed by atoms with Crippen LogP contribution in [0.15, 0.2) is 0 Å². The Balaban J connectivity index is 0.000000751. The normalized spacial score (nSPS) is 39.3. The molecule has 0 saturated carbocycles. The Morgan fingerprint density at radius 2 is 1.47 bits per heavy atom. The first-order valence-electron chi connectivity index (χ1n) is 9.80. The van der Waals surface area contributed by atoms with Gasteiger partial charge in [-0.2, -0.15) is 0 Å². The van der Waals surface area contributed by atoms with E-state index in [0.29, 0.717) is 0 Å². The standard InChI is InChI=1S/C14H24O12.C4H8O2/c1-5(17)23-4-14(12(22)9(19)7(3-16)25-14)26-13-11(21)10(20)8(18)6(2-15)24-13;1-3(2)4(5)6/h6-13,15-16,18-22H,2-4H2,1H3;3H,1-2H3,(H,5,6)/t6-,7-,8-,9-,10+,11-,12+,13-,14+;/m1./s1. The molecule has 32 heavy (non-hydrogen) atoms. The highest BCUT2D eigenvalue weighted by molar-refractivity contribution is 5.68. The summed E-state index contributed by atoms with van der Waals surface area (Å²) in [6.45, 7) is 2.21. The van der Waals surface area contributed by atoms with Gasteiger partial charge in [-0.3, -0.25) is 9.59 Å². The lowest BCUT2D eigenvalue weighted by molar-refractivity contribution is -0.383. The van der Waals surface area contributed by atoms with E-state index in [4.69, 9.17) is 24.1 Å². The predicted molar refractivity (Wildman–Crippen MR) is 101 cm³/mol. The van der Waals surface area contributed by atoms with Crippen LogP contribution in [0.4, 0.5) is 0 Å². The van der Waals surface area contributed by atoms with E-state index in [2.05, 4.69) is 0 Å². The average Bonchev–Trinajstić information content (AvgIpc) is 2.98. The third-order valence-corrected chi connectivity index (χ3v) is 4.82. The smallest absolute Gasteiger partial charge is 0.305 e. The van der Waals surface area contributed by atoms with E-state index in [1.54, 1.807) is 13.8 Å². The van der Waals surface area contributed by atoms with Gasteiger partial charge in [0.1, 0.15) is 49.3 Å². The summed E-state index contributed by atoms with van der Waals surface area (Å²) < 4.78 is 20.6. The molecule has 2 aliphatic rings. The number of esters is 1. The van der Waals surface area contributed by atoms with Gasteiger partial charge in [0.05, 0.1) is 19.1 Å². The van der Waals surface area contributed by atoms with Crippen molar-refractivity contribution in [2.75, 3.05) is 19.8 Å². The van der Waals surface area contributed by atoms with Gasteiger partial charge in [0, 0.05) is 6.92 Å².